The molecule has 5 heteroatoms. The van der Waals surface area contributed by atoms with Crippen LogP contribution in [0.1, 0.15) is 59.8 Å². The molecule has 0 radical (unpaired) electrons. The minimum absolute atomic E-state index is 0.0407. The maximum absolute atomic E-state index is 11.9. The Morgan fingerprint density at radius 2 is 2.05 bits per heavy atom. The molecule has 1 N–H and O–H groups in total. The molecule has 0 aromatic heterocycles. The lowest BCUT2D eigenvalue weighted by Crippen LogP contribution is -2.49. The van der Waals surface area contributed by atoms with Crippen molar-refractivity contribution in [2.45, 2.75) is 70.9 Å². The zero-order valence-corrected chi connectivity index (χ0v) is 12.8. The van der Waals surface area contributed by atoms with Crippen LogP contribution in [0.5, 0.6) is 0 Å². The van der Waals surface area contributed by atoms with Gasteiger partial charge in [-0.05, 0) is 46.0 Å². The molecule has 112 valence electrons. The Labute approximate surface area is 120 Å². The van der Waals surface area contributed by atoms with Gasteiger partial charge in [0.15, 0.2) is 0 Å². The zero-order valence-electron chi connectivity index (χ0n) is 12.8. The summed E-state index contributed by atoms with van der Waals surface area (Å²) in [7, 11) is 0. The van der Waals surface area contributed by atoms with Crippen LogP contribution in [0.25, 0.3) is 0 Å². The fraction of sp³-hybridized carbons (Fsp3) is 0.800. The summed E-state index contributed by atoms with van der Waals surface area (Å²) in [6.45, 7) is 7.34. The van der Waals surface area contributed by atoms with Crippen LogP contribution < -0.4 is 5.32 Å². The van der Waals surface area contributed by atoms with Crippen LogP contribution in [0.3, 0.4) is 0 Å². The SMILES string of the molecule is C[C@H]1CCC[C@]1(C#N)NC(=O)CCC(=O)OC(C)(C)C. The fourth-order valence-electron chi connectivity index (χ4n) is 2.48. The van der Waals surface area contributed by atoms with E-state index in [4.69, 9.17) is 4.74 Å². The van der Waals surface area contributed by atoms with Crippen molar-refractivity contribution >= 4 is 11.9 Å². The lowest BCUT2D eigenvalue weighted by molar-refractivity contribution is -0.155. The lowest BCUT2D eigenvalue weighted by atomic mass is 9.89. The Kier molecular flexibility index (Phi) is 5.15. The average Bonchev–Trinajstić information content (AvgIpc) is 2.67. The summed E-state index contributed by atoms with van der Waals surface area (Å²) in [5.41, 5.74) is -1.30. The number of ether oxygens (including phenoxy) is 1. The number of carbonyl (C=O) groups excluding carboxylic acids is 2. The second kappa shape index (κ2) is 6.25. The highest BCUT2D eigenvalue weighted by Crippen LogP contribution is 2.34. The minimum atomic E-state index is -0.759. The molecule has 2 atom stereocenters. The van der Waals surface area contributed by atoms with Crippen molar-refractivity contribution in [3.8, 4) is 6.07 Å². The zero-order chi connectivity index (χ0) is 15.4. The summed E-state index contributed by atoms with van der Waals surface area (Å²) in [6, 6.07) is 2.24. The van der Waals surface area contributed by atoms with Crippen molar-refractivity contribution in [1.29, 1.82) is 5.26 Å². The summed E-state index contributed by atoms with van der Waals surface area (Å²) < 4.78 is 5.15. The Hall–Kier alpha value is -1.57. The van der Waals surface area contributed by atoms with Crippen molar-refractivity contribution in [1.82, 2.24) is 5.32 Å². The van der Waals surface area contributed by atoms with Gasteiger partial charge >= 0.3 is 5.97 Å². The van der Waals surface area contributed by atoms with E-state index in [2.05, 4.69) is 11.4 Å². The van der Waals surface area contributed by atoms with Gasteiger partial charge in [-0.15, -0.1) is 0 Å². The number of carbonyl (C=O) groups is 2. The highest BCUT2D eigenvalue weighted by Gasteiger charge is 2.41. The number of nitrogens with zero attached hydrogens (tertiary/aromatic N) is 1. The van der Waals surface area contributed by atoms with Gasteiger partial charge in [-0.2, -0.15) is 5.26 Å². The number of rotatable bonds is 4. The molecule has 0 spiro atoms. The standard InChI is InChI=1S/C15H24N2O3/c1-11-6-5-9-15(11,10-16)17-12(18)7-8-13(19)20-14(2,3)4/h11H,5-9H2,1-4H3,(H,17,18)/t11-,15+/m0/s1. The van der Waals surface area contributed by atoms with Crippen molar-refractivity contribution in [3.63, 3.8) is 0 Å². The summed E-state index contributed by atoms with van der Waals surface area (Å²) in [5, 5.41) is 12.1. The Morgan fingerprint density at radius 3 is 2.50 bits per heavy atom. The second-order valence-electron chi connectivity index (χ2n) is 6.51. The average molecular weight is 280 g/mol. The third-order valence-electron chi connectivity index (χ3n) is 3.59. The first-order valence-corrected chi connectivity index (χ1v) is 7.13. The molecular formula is C15H24N2O3. The van der Waals surface area contributed by atoms with Crippen molar-refractivity contribution < 1.29 is 14.3 Å². The molecule has 1 saturated carbocycles. The Balaban J connectivity index is 2.45. The van der Waals surface area contributed by atoms with Gasteiger partial charge in [0.2, 0.25) is 5.91 Å². The van der Waals surface area contributed by atoms with Crippen LogP contribution in [-0.4, -0.2) is 23.0 Å². The normalized spacial score (nSPS) is 25.9. The number of esters is 1. The molecule has 1 fully saturated rings. The molecule has 1 rings (SSSR count). The molecule has 1 amide bonds. The van der Waals surface area contributed by atoms with Crippen LogP contribution in [-0.2, 0) is 14.3 Å². The predicted molar refractivity (Wildman–Crippen MR) is 74.6 cm³/mol. The Morgan fingerprint density at radius 1 is 1.40 bits per heavy atom. The third-order valence-corrected chi connectivity index (χ3v) is 3.59. The summed E-state index contributed by atoms with van der Waals surface area (Å²) in [4.78, 5) is 23.5. The maximum atomic E-state index is 11.9. The summed E-state index contributed by atoms with van der Waals surface area (Å²) in [6.07, 6.45) is 2.67. The lowest BCUT2D eigenvalue weighted by Gasteiger charge is -2.27. The quantitative estimate of drug-likeness (QED) is 0.801. The van der Waals surface area contributed by atoms with Crippen LogP contribution in [0.4, 0.5) is 0 Å². The molecule has 5 nitrogen and oxygen atoms in total. The van der Waals surface area contributed by atoms with E-state index < -0.39 is 17.1 Å². The van der Waals surface area contributed by atoms with Crippen LogP contribution in [0.15, 0.2) is 0 Å². The molecule has 20 heavy (non-hydrogen) atoms. The molecule has 1 aliphatic rings. The first-order valence-electron chi connectivity index (χ1n) is 7.13. The molecule has 0 aromatic rings. The van der Waals surface area contributed by atoms with Gasteiger partial charge in [0.1, 0.15) is 11.1 Å². The van der Waals surface area contributed by atoms with Gasteiger partial charge < -0.3 is 10.1 Å². The monoisotopic (exact) mass is 280 g/mol. The van der Waals surface area contributed by atoms with Gasteiger partial charge in [0, 0.05) is 6.42 Å². The molecule has 0 saturated heterocycles. The van der Waals surface area contributed by atoms with E-state index in [0.29, 0.717) is 6.42 Å². The number of nitrogens with one attached hydrogen (secondary N) is 1. The molecule has 1 aliphatic carbocycles. The van der Waals surface area contributed by atoms with Gasteiger partial charge in [0.05, 0.1) is 12.5 Å². The molecule has 0 unspecified atom stereocenters. The molecule has 0 heterocycles. The van der Waals surface area contributed by atoms with E-state index in [0.717, 1.165) is 12.8 Å². The fourth-order valence-corrected chi connectivity index (χ4v) is 2.48. The van der Waals surface area contributed by atoms with Crippen LogP contribution in [0.2, 0.25) is 0 Å². The van der Waals surface area contributed by atoms with E-state index in [1.807, 2.05) is 6.92 Å². The van der Waals surface area contributed by atoms with Crippen molar-refractivity contribution in [2.24, 2.45) is 5.92 Å². The summed E-state index contributed by atoms with van der Waals surface area (Å²) in [5.74, 6) is -0.498. The first-order chi connectivity index (χ1) is 9.18. The van der Waals surface area contributed by atoms with E-state index in [1.165, 1.54) is 0 Å². The smallest absolute Gasteiger partial charge is 0.306 e. The van der Waals surface area contributed by atoms with Gasteiger partial charge in [0.25, 0.3) is 0 Å². The van der Waals surface area contributed by atoms with Gasteiger partial charge in [-0.25, -0.2) is 0 Å². The molecule has 0 aliphatic heterocycles. The first kappa shape index (κ1) is 16.5. The molecular weight excluding hydrogens is 256 g/mol. The molecule has 0 aromatic carbocycles. The van der Waals surface area contributed by atoms with Gasteiger partial charge in [-0.1, -0.05) is 6.92 Å². The highest BCUT2D eigenvalue weighted by atomic mass is 16.6. The number of nitriles is 1. The minimum Gasteiger partial charge on any atom is -0.460 e. The Bertz CT molecular complexity index is 420. The third kappa shape index (κ3) is 4.52. The number of hydrogen-bond acceptors (Lipinski definition) is 4. The van der Waals surface area contributed by atoms with Crippen LogP contribution >= 0.6 is 0 Å². The molecule has 0 bridgehead atoms. The van der Waals surface area contributed by atoms with Crippen LogP contribution in [0, 0.1) is 17.2 Å². The van der Waals surface area contributed by atoms with Gasteiger partial charge in [-0.3, -0.25) is 9.59 Å². The largest absolute Gasteiger partial charge is 0.460 e. The van der Waals surface area contributed by atoms with Crippen molar-refractivity contribution in [2.75, 3.05) is 0 Å². The maximum Gasteiger partial charge on any atom is 0.306 e. The topological polar surface area (TPSA) is 79.2 Å². The van der Waals surface area contributed by atoms with E-state index >= 15 is 0 Å². The van der Waals surface area contributed by atoms with E-state index in [9.17, 15) is 14.9 Å². The predicted octanol–water partition coefficient (Wildman–Crippen LogP) is 2.31. The van der Waals surface area contributed by atoms with E-state index in [1.54, 1.807) is 20.8 Å². The second-order valence-corrected chi connectivity index (χ2v) is 6.51. The highest BCUT2D eigenvalue weighted by molar-refractivity contribution is 5.82. The van der Waals surface area contributed by atoms with E-state index in [-0.39, 0.29) is 24.7 Å². The summed E-state index contributed by atoms with van der Waals surface area (Å²) >= 11 is 0. The number of hydrogen-bond donors (Lipinski definition) is 1. The number of amides is 1. The van der Waals surface area contributed by atoms with Crippen molar-refractivity contribution in [3.05, 3.63) is 0 Å².